The number of hydrogen-bond acceptors (Lipinski definition) is 3. The molecular weight excluding hydrogens is 348 g/mol. The third-order valence-electron chi connectivity index (χ3n) is 5.34. The van der Waals surface area contributed by atoms with E-state index in [1.165, 1.54) is 0 Å². The van der Waals surface area contributed by atoms with Crippen LogP contribution in [0.4, 0.5) is 0 Å². The van der Waals surface area contributed by atoms with Crippen LogP contribution >= 0.6 is 0 Å². The van der Waals surface area contributed by atoms with E-state index in [0.29, 0.717) is 6.61 Å². The fourth-order valence-corrected chi connectivity index (χ4v) is 3.84. The van der Waals surface area contributed by atoms with Crippen molar-refractivity contribution in [2.45, 2.75) is 18.6 Å². The maximum Gasteiger partial charge on any atom is 0.169 e. The average Bonchev–Trinajstić information content (AvgIpc) is 3.09. The van der Waals surface area contributed by atoms with Gasteiger partial charge in [-0.2, -0.15) is 0 Å². The van der Waals surface area contributed by atoms with Gasteiger partial charge in [-0.3, -0.25) is 4.79 Å². The molecule has 0 unspecified atom stereocenters. The molecule has 3 aromatic carbocycles. The van der Waals surface area contributed by atoms with Crippen molar-refractivity contribution in [1.29, 1.82) is 0 Å². The Balaban J connectivity index is 1.82. The molecule has 4 rings (SSSR count). The number of hydrogen-bond donors (Lipinski definition) is 0. The van der Waals surface area contributed by atoms with E-state index in [2.05, 4.69) is 36.4 Å². The molecule has 0 spiro atoms. The first-order valence-electron chi connectivity index (χ1n) is 9.67. The van der Waals surface area contributed by atoms with Crippen molar-refractivity contribution in [2.75, 3.05) is 13.2 Å². The number of carbonyl (C=O) groups excluding carboxylic acids is 1. The first kappa shape index (κ1) is 18.6. The lowest BCUT2D eigenvalue weighted by Crippen LogP contribution is -2.37. The molecule has 0 saturated carbocycles. The van der Waals surface area contributed by atoms with Gasteiger partial charge in [0, 0.05) is 5.92 Å². The van der Waals surface area contributed by atoms with Gasteiger partial charge in [-0.1, -0.05) is 97.9 Å². The third kappa shape index (κ3) is 3.39. The summed E-state index contributed by atoms with van der Waals surface area (Å²) in [5, 5.41) is 0. The van der Waals surface area contributed by atoms with Gasteiger partial charge in [0.15, 0.2) is 5.78 Å². The van der Waals surface area contributed by atoms with Gasteiger partial charge in [-0.15, -0.1) is 0 Å². The normalized spacial score (nSPS) is 19.7. The summed E-state index contributed by atoms with van der Waals surface area (Å²) in [5.74, 6) is 0.0382. The van der Waals surface area contributed by atoms with Crippen LogP contribution in [0.1, 0.15) is 23.6 Å². The number of Topliss-reactive ketones (excluding diaryl/α,β-unsaturated/α-hetero) is 1. The maximum atomic E-state index is 12.4. The molecule has 0 aliphatic carbocycles. The summed E-state index contributed by atoms with van der Waals surface area (Å²) in [5.41, 5.74) is 2.24. The number of ketones is 1. The Hall–Kier alpha value is -2.75. The summed E-state index contributed by atoms with van der Waals surface area (Å²) in [4.78, 5) is 12.4. The van der Waals surface area contributed by atoms with Gasteiger partial charge in [-0.05, 0) is 16.7 Å². The monoisotopic (exact) mass is 372 g/mol. The number of benzene rings is 3. The van der Waals surface area contributed by atoms with E-state index in [1.807, 2.05) is 61.5 Å². The highest BCUT2D eigenvalue weighted by atomic mass is 16.6. The molecule has 3 aromatic rings. The van der Waals surface area contributed by atoms with Crippen LogP contribution in [0, 0.1) is 5.92 Å². The van der Waals surface area contributed by atoms with Crippen molar-refractivity contribution < 1.29 is 14.3 Å². The largest absolute Gasteiger partial charge is 0.367 e. The van der Waals surface area contributed by atoms with Crippen LogP contribution in [-0.4, -0.2) is 25.1 Å². The molecule has 3 heteroatoms. The molecule has 0 N–H and O–H groups in total. The van der Waals surface area contributed by atoms with E-state index < -0.39 is 11.7 Å². The molecule has 1 saturated heterocycles. The molecule has 3 nitrogen and oxygen atoms in total. The zero-order chi connectivity index (χ0) is 19.4. The summed E-state index contributed by atoms with van der Waals surface area (Å²) >= 11 is 0. The Morgan fingerprint density at radius 3 is 1.61 bits per heavy atom. The van der Waals surface area contributed by atoms with Crippen LogP contribution in [0.2, 0.25) is 0 Å². The first-order chi connectivity index (χ1) is 13.7. The van der Waals surface area contributed by atoms with E-state index in [4.69, 9.17) is 9.47 Å². The van der Waals surface area contributed by atoms with Gasteiger partial charge < -0.3 is 9.47 Å². The molecular formula is C25H24O3. The summed E-state index contributed by atoms with van der Waals surface area (Å²) in [7, 11) is 0. The van der Waals surface area contributed by atoms with Crippen LogP contribution < -0.4 is 0 Å². The Morgan fingerprint density at radius 2 is 1.25 bits per heavy atom. The molecule has 0 radical (unpaired) electrons. The number of carbonyl (C=O) groups is 1. The zero-order valence-electron chi connectivity index (χ0n) is 16.0. The highest BCUT2D eigenvalue weighted by Crippen LogP contribution is 2.40. The smallest absolute Gasteiger partial charge is 0.169 e. The van der Waals surface area contributed by atoms with E-state index in [9.17, 15) is 4.79 Å². The number of rotatable bonds is 6. The van der Waals surface area contributed by atoms with Gasteiger partial charge in [0.25, 0.3) is 0 Å². The quantitative estimate of drug-likeness (QED) is 0.593. The zero-order valence-corrected chi connectivity index (χ0v) is 16.0. The second-order valence-corrected chi connectivity index (χ2v) is 7.22. The topological polar surface area (TPSA) is 35.5 Å². The van der Waals surface area contributed by atoms with E-state index in [-0.39, 0.29) is 18.3 Å². The molecule has 0 bridgehead atoms. The summed E-state index contributed by atoms with van der Waals surface area (Å²) in [6, 6.07) is 30.5. The van der Waals surface area contributed by atoms with Gasteiger partial charge in [0.1, 0.15) is 11.7 Å². The van der Waals surface area contributed by atoms with Gasteiger partial charge in [-0.25, -0.2) is 0 Å². The SMILES string of the molecule is C[C@@H]1CO[C@H](COC(c2ccccc2)(c2ccccc2)c2ccccc2)C1=O. The number of ether oxygens (including phenoxy) is 2. The van der Waals surface area contributed by atoms with Crippen molar-refractivity contribution in [1.82, 2.24) is 0 Å². The molecule has 1 heterocycles. The van der Waals surface area contributed by atoms with E-state index >= 15 is 0 Å². The van der Waals surface area contributed by atoms with Gasteiger partial charge >= 0.3 is 0 Å². The molecule has 0 amide bonds. The van der Waals surface area contributed by atoms with E-state index in [0.717, 1.165) is 16.7 Å². The Bertz CT molecular complexity index is 810. The first-order valence-corrected chi connectivity index (χ1v) is 9.67. The molecule has 0 aromatic heterocycles. The minimum absolute atomic E-state index is 0.0758. The predicted octanol–water partition coefficient (Wildman–Crippen LogP) is 4.60. The molecule has 1 fully saturated rings. The predicted molar refractivity (Wildman–Crippen MR) is 109 cm³/mol. The maximum absolute atomic E-state index is 12.4. The van der Waals surface area contributed by atoms with Crippen molar-refractivity contribution in [3.63, 3.8) is 0 Å². The fourth-order valence-electron chi connectivity index (χ4n) is 3.84. The Morgan fingerprint density at radius 1 is 0.821 bits per heavy atom. The molecule has 1 aliphatic rings. The average molecular weight is 372 g/mol. The minimum Gasteiger partial charge on any atom is -0.367 e. The summed E-state index contributed by atoms with van der Waals surface area (Å²) in [6.45, 7) is 2.57. The van der Waals surface area contributed by atoms with Crippen LogP contribution in [-0.2, 0) is 19.9 Å². The fraction of sp³-hybridized carbons (Fsp3) is 0.240. The standard InChI is InChI=1S/C25H24O3/c1-19-17-27-23(24(19)26)18-28-25(20-11-5-2-6-12-20,21-13-7-3-8-14-21)22-15-9-4-10-16-22/h2-16,19,23H,17-18H2,1H3/t19-,23-/m1/s1. The molecule has 2 atom stereocenters. The van der Waals surface area contributed by atoms with Gasteiger partial charge in [0.05, 0.1) is 13.2 Å². The minimum atomic E-state index is -0.820. The Labute approximate surface area is 165 Å². The van der Waals surface area contributed by atoms with Crippen LogP contribution in [0.5, 0.6) is 0 Å². The second kappa shape index (κ2) is 8.09. The van der Waals surface area contributed by atoms with Crippen LogP contribution in [0.15, 0.2) is 91.0 Å². The molecule has 28 heavy (non-hydrogen) atoms. The van der Waals surface area contributed by atoms with Crippen LogP contribution in [0.25, 0.3) is 0 Å². The lowest BCUT2D eigenvalue weighted by atomic mass is 9.80. The lowest BCUT2D eigenvalue weighted by molar-refractivity contribution is -0.129. The van der Waals surface area contributed by atoms with Crippen molar-refractivity contribution in [3.05, 3.63) is 108 Å². The van der Waals surface area contributed by atoms with E-state index in [1.54, 1.807) is 0 Å². The summed E-state index contributed by atoms with van der Waals surface area (Å²) in [6.07, 6.45) is -0.523. The third-order valence-corrected chi connectivity index (χ3v) is 5.34. The highest BCUT2D eigenvalue weighted by Gasteiger charge is 2.40. The van der Waals surface area contributed by atoms with Crippen molar-refractivity contribution >= 4 is 5.78 Å². The van der Waals surface area contributed by atoms with Gasteiger partial charge in [0.2, 0.25) is 0 Å². The lowest BCUT2D eigenvalue weighted by Gasteiger charge is -2.36. The molecule has 142 valence electrons. The Kier molecular flexibility index (Phi) is 5.38. The van der Waals surface area contributed by atoms with Crippen LogP contribution in [0.3, 0.4) is 0 Å². The van der Waals surface area contributed by atoms with Crippen molar-refractivity contribution in [3.8, 4) is 0 Å². The summed E-state index contributed by atoms with van der Waals surface area (Å²) < 4.78 is 12.4. The van der Waals surface area contributed by atoms with Crippen molar-refractivity contribution in [2.24, 2.45) is 5.92 Å². The second-order valence-electron chi connectivity index (χ2n) is 7.22. The molecule has 1 aliphatic heterocycles. The highest BCUT2D eigenvalue weighted by molar-refractivity contribution is 5.86.